The number of aryl methyl sites for hydroxylation is 1. The first-order chi connectivity index (χ1) is 11.7. The monoisotopic (exact) mass is 363 g/mol. The number of benzene rings is 2. The van der Waals surface area contributed by atoms with Gasteiger partial charge in [-0.3, -0.25) is 0 Å². The van der Waals surface area contributed by atoms with Gasteiger partial charge in [0, 0.05) is 30.5 Å². The molecular formula is C19H23Cl2N3. The lowest BCUT2D eigenvalue weighted by molar-refractivity contribution is 0.749. The normalized spacial score (nSPS) is 11.1. The van der Waals surface area contributed by atoms with E-state index in [1.165, 1.54) is 5.69 Å². The third-order valence-corrected chi connectivity index (χ3v) is 4.23. The molecule has 3 nitrogen and oxygen atoms in total. The van der Waals surface area contributed by atoms with Gasteiger partial charge in [-0.25, -0.2) is 0 Å². The zero-order valence-corrected chi connectivity index (χ0v) is 15.5. The topological polar surface area (TPSA) is 28.0 Å². The van der Waals surface area contributed by atoms with E-state index in [4.69, 9.17) is 23.2 Å². The quantitative estimate of drug-likeness (QED) is 0.370. The van der Waals surface area contributed by atoms with E-state index >= 15 is 0 Å². The molecule has 0 saturated carbocycles. The predicted molar refractivity (Wildman–Crippen MR) is 105 cm³/mol. The number of azo groups is 1. The number of halogens is 2. The molecule has 0 radical (unpaired) electrons. The van der Waals surface area contributed by atoms with Crippen molar-refractivity contribution in [2.75, 3.05) is 29.7 Å². The lowest BCUT2D eigenvalue weighted by atomic mass is 10.1. The van der Waals surface area contributed by atoms with E-state index in [9.17, 15) is 0 Å². The van der Waals surface area contributed by atoms with E-state index < -0.39 is 0 Å². The van der Waals surface area contributed by atoms with Crippen LogP contribution in [-0.4, -0.2) is 24.8 Å². The van der Waals surface area contributed by atoms with Crippen LogP contribution in [0.3, 0.4) is 0 Å². The summed E-state index contributed by atoms with van der Waals surface area (Å²) < 4.78 is 0. The Bertz CT molecular complexity index is 636. The minimum Gasteiger partial charge on any atom is -0.371 e. The van der Waals surface area contributed by atoms with E-state index in [-0.39, 0.29) is 0 Å². The van der Waals surface area contributed by atoms with Crippen molar-refractivity contribution in [2.24, 2.45) is 10.2 Å². The summed E-state index contributed by atoms with van der Waals surface area (Å²) in [5.41, 5.74) is 4.03. The molecule has 2 rings (SSSR count). The molecule has 0 bridgehead atoms. The van der Waals surface area contributed by atoms with Crippen LogP contribution in [0.25, 0.3) is 0 Å². The van der Waals surface area contributed by atoms with Crippen molar-refractivity contribution in [3.8, 4) is 0 Å². The van der Waals surface area contributed by atoms with Crippen LogP contribution >= 0.6 is 23.2 Å². The standard InChI is InChI=1S/C19H23Cl2N3/c1-16-15-18(24(13-5-11-20)14-6-12-21)9-10-19(16)23-22-17-7-3-2-4-8-17/h2-4,7-10,15H,5-6,11-14H2,1H3. The first-order valence-electron chi connectivity index (χ1n) is 8.19. The number of alkyl halides is 2. The molecular weight excluding hydrogens is 341 g/mol. The van der Waals surface area contributed by atoms with Gasteiger partial charge in [0.2, 0.25) is 0 Å². The summed E-state index contributed by atoms with van der Waals surface area (Å²) in [5.74, 6) is 1.33. The number of hydrogen-bond acceptors (Lipinski definition) is 3. The van der Waals surface area contributed by atoms with Crippen molar-refractivity contribution in [1.82, 2.24) is 0 Å². The van der Waals surface area contributed by atoms with Crippen LogP contribution in [0.15, 0.2) is 58.8 Å². The maximum absolute atomic E-state index is 5.84. The molecule has 0 unspecified atom stereocenters. The largest absolute Gasteiger partial charge is 0.371 e. The Morgan fingerprint density at radius 1 is 0.875 bits per heavy atom. The van der Waals surface area contributed by atoms with Gasteiger partial charge in [-0.1, -0.05) is 18.2 Å². The number of hydrogen-bond donors (Lipinski definition) is 0. The van der Waals surface area contributed by atoms with Gasteiger partial charge >= 0.3 is 0 Å². The number of anilines is 1. The van der Waals surface area contributed by atoms with E-state index in [2.05, 4.69) is 34.2 Å². The second-order valence-corrected chi connectivity index (χ2v) is 6.33. The van der Waals surface area contributed by atoms with Crippen molar-refractivity contribution in [2.45, 2.75) is 19.8 Å². The number of nitrogens with zero attached hydrogens (tertiary/aromatic N) is 3. The van der Waals surface area contributed by atoms with Gasteiger partial charge < -0.3 is 4.90 Å². The second-order valence-electron chi connectivity index (χ2n) is 5.58. The summed E-state index contributed by atoms with van der Waals surface area (Å²) in [6.07, 6.45) is 1.91. The average Bonchev–Trinajstić information content (AvgIpc) is 2.62. The second kappa shape index (κ2) is 10.3. The Kier molecular flexibility index (Phi) is 8.06. The van der Waals surface area contributed by atoms with Crippen LogP contribution in [0.5, 0.6) is 0 Å². The Hall–Kier alpha value is -1.58. The molecule has 128 valence electrons. The predicted octanol–water partition coefficient (Wildman–Crippen LogP) is 6.47. The molecule has 2 aromatic carbocycles. The molecule has 0 heterocycles. The number of rotatable bonds is 9. The average molecular weight is 364 g/mol. The summed E-state index contributed by atoms with van der Waals surface area (Å²) in [7, 11) is 0. The summed E-state index contributed by atoms with van der Waals surface area (Å²) in [6, 6.07) is 16.0. The van der Waals surface area contributed by atoms with Crippen LogP contribution in [0, 0.1) is 6.92 Å². The van der Waals surface area contributed by atoms with Gasteiger partial charge in [0.15, 0.2) is 0 Å². The van der Waals surface area contributed by atoms with Crippen molar-refractivity contribution in [1.29, 1.82) is 0 Å². The highest BCUT2D eigenvalue weighted by Gasteiger charge is 2.08. The molecule has 0 spiro atoms. The zero-order chi connectivity index (χ0) is 17.2. The molecule has 0 amide bonds. The molecule has 0 fully saturated rings. The van der Waals surface area contributed by atoms with Crippen LogP contribution in [0.1, 0.15) is 18.4 Å². The molecule has 0 aliphatic rings. The molecule has 5 heteroatoms. The maximum Gasteiger partial charge on any atom is 0.0887 e. The van der Waals surface area contributed by atoms with Crippen LogP contribution in [0.2, 0.25) is 0 Å². The zero-order valence-electron chi connectivity index (χ0n) is 14.0. The van der Waals surface area contributed by atoms with Gasteiger partial charge in [0.25, 0.3) is 0 Å². The van der Waals surface area contributed by atoms with Gasteiger partial charge in [-0.2, -0.15) is 10.2 Å². The lowest BCUT2D eigenvalue weighted by Gasteiger charge is -2.25. The summed E-state index contributed by atoms with van der Waals surface area (Å²) in [4.78, 5) is 2.33. The van der Waals surface area contributed by atoms with Crippen molar-refractivity contribution in [3.05, 3.63) is 54.1 Å². The molecule has 0 atom stereocenters. The summed E-state index contributed by atoms with van der Waals surface area (Å²) >= 11 is 11.7. The maximum atomic E-state index is 5.84. The highest BCUT2D eigenvalue weighted by Crippen LogP contribution is 2.27. The van der Waals surface area contributed by atoms with Crippen LogP contribution in [-0.2, 0) is 0 Å². The van der Waals surface area contributed by atoms with E-state index in [1.54, 1.807) is 0 Å². The Morgan fingerprint density at radius 2 is 1.54 bits per heavy atom. The van der Waals surface area contributed by atoms with Crippen molar-refractivity contribution in [3.63, 3.8) is 0 Å². The molecule has 2 aromatic rings. The first-order valence-corrected chi connectivity index (χ1v) is 9.26. The third kappa shape index (κ3) is 5.81. The first kappa shape index (κ1) is 18.8. The Morgan fingerprint density at radius 3 is 2.12 bits per heavy atom. The fourth-order valence-electron chi connectivity index (χ4n) is 2.43. The summed E-state index contributed by atoms with van der Waals surface area (Å²) in [6.45, 7) is 3.93. The molecule has 0 saturated heterocycles. The molecule has 24 heavy (non-hydrogen) atoms. The SMILES string of the molecule is Cc1cc(N(CCCCl)CCCCl)ccc1N=Nc1ccccc1. The fourth-order valence-corrected chi connectivity index (χ4v) is 2.67. The Balaban J connectivity index is 2.13. The Labute approximate surface area is 154 Å². The highest BCUT2D eigenvalue weighted by molar-refractivity contribution is 6.18. The van der Waals surface area contributed by atoms with E-state index in [0.717, 1.165) is 42.9 Å². The highest BCUT2D eigenvalue weighted by atomic mass is 35.5. The van der Waals surface area contributed by atoms with Gasteiger partial charge in [0.05, 0.1) is 11.4 Å². The van der Waals surface area contributed by atoms with Gasteiger partial charge in [0.1, 0.15) is 0 Å². The molecule has 0 N–H and O–H groups in total. The van der Waals surface area contributed by atoms with E-state index in [1.807, 2.05) is 36.4 Å². The van der Waals surface area contributed by atoms with Gasteiger partial charge in [-0.15, -0.1) is 23.2 Å². The van der Waals surface area contributed by atoms with Gasteiger partial charge in [-0.05, 0) is 55.7 Å². The van der Waals surface area contributed by atoms with Crippen molar-refractivity contribution < 1.29 is 0 Å². The third-order valence-electron chi connectivity index (χ3n) is 3.70. The van der Waals surface area contributed by atoms with Crippen LogP contribution in [0.4, 0.5) is 17.1 Å². The molecule has 0 aliphatic heterocycles. The molecule has 0 aliphatic carbocycles. The van der Waals surface area contributed by atoms with Crippen LogP contribution < -0.4 is 4.90 Å². The van der Waals surface area contributed by atoms with E-state index in [0.29, 0.717) is 11.8 Å². The lowest BCUT2D eigenvalue weighted by Crippen LogP contribution is -2.26. The summed E-state index contributed by atoms with van der Waals surface area (Å²) in [5, 5.41) is 8.65. The molecule has 0 aromatic heterocycles. The smallest absolute Gasteiger partial charge is 0.0887 e. The minimum atomic E-state index is 0.666. The van der Waals surface area contributed by atoms with Crippen molar-refractivity contribution >= 4 is 40.3 Å². The fraction of sp³-hybridized carbons (Fsp3) is 0.368. The minimum absolute atomic E-state index is 0.666.